The van der Waals surface area contributed by atoms with E-state index in [9.17, 15) is 41.8 Å². The molecule has 0 spiro atoms. The first-order valence-corrected chi connectivity index (χ1v) is 21.7. The number of rotatable bonds is 19. The molecule has 0 aliphatic rings. The summed E-state index contributed by atoms with van der Waals surface area (Å²) in [7, 11) is 3.17. The van der Waals surface area contributed by atoms with Crippen molar-refractivity contribution in [2.75, 3.05) is 43.6 Å². The summed E-state index contributed by atoms with van der Waals surface area (Å²) in [4.78, 5) is 67.8. The van der Waals surface area contributed by atoms with Crippen LogP contribution in [0.25, 0.3) is 23.0 Å². The Hall–Kier alpha value is -7.38. The van der Waals surface area contributed by atoms with Gasteiger partial charge in [0.05, 0.1) is 43.9 Å². The van der Waals surface area contributed by atoms with Crippen molar-refractivity contribution < 1.29 is 46.6 Å². The summed E-state index contributed by atoms with van der Waals surface area (Å²) >= 11 is 0. The van der Waals surface area contributed by atoms with Crippen LogP contribution < -0.4 is 9.80 Å². The topological polar surface area (TPSA) is 191 Å². The highest BCUT2D eigenvalue weighted by molar-refractivity contribution is 5.94. The number of hydrogen-bond acceptors (Lipinski definition) is 13. The van der Waals surface area contributed by atoms with Crippen molar-refractivity contribution in [1.82, 2.24) is 39.5 Å². The molecule has 6 aromatic rings. The van der Waals surface area contributed by atoms with Gasteiger partial charge in [0, 0.05) is 52.2 Å². The highest BCUT2D eigenvalue weighted by atomic mass is 19.1. The number of aliphatic carboxylic acids is 1. The minimum atomic E-state index is -0.982. The zero-order valence-electron chi connectivity index (χ0n) is 39.2. The third-order valence-electron chi connectivity index (χ3n) is 10.9. The molecule has 4 aromatic heterocycles. The molecule has 0 unspecified atom stereocenters. The van der Waals surface area contributed by atoms with Crippen LogP contribution in [0.15, 0.2) is 73.1 Å². The molecule has 0 fully saturated rings. The second-order valence-electron chi connectivity index (χ2n) is 16.7. The first-order chi connectivity index (χ1) is 32.2. The molecule has 0 aliphatic heterocycles. The molecule has 16 nitrogen and oxygen atoms in total. The molecule has 2 aromatic carbocycles. The number of carboxylic acids is 1. The molecule has 360 valence electrons. The lowest BCUT2D eigenvalue weighted by Gasteiger charge is -2.26. The summed E-state index contributed by atoms with van der Waals surface area (Å²) in [5.74, 6) is -5.47. The largest absolute Gasteiger partial charge is 0.481 e. The van der Waals surface area contributed by atoms with E-state index in [0.717, 1.165) is 12.4 Å². The average Bonchev–Trinajstić information content (AvgIpc) is 3.91. The lowest BCUT2D eigenvalue weighted by atomic mass is 9.95. The molecule has 0 radical (unpaired) electrons. The van der Waals surface area contributed by atoms with Crippen LogP contribution in [0.2, 0.25) is 0 Å². The van der Waals surface area contributed by atoms with Gasteiger partial charge in [-0.1, -0.05) is 64.1 Å². The van der Waals surface area contributed by atoms with E-state index in [0.29, 0.717) is 11.1 Å². The van der Waals surface area contributed by atoms with Crippen molar-refractivity contribution in [2.45, 2.75) is 61.6 Å². The Bertz CT molecular complexity index is 2760. The number of Topliss-reactive ketones (excluding diaryl/α,β-unsaturated/α-hetero) is 2. The van der Waals surface area contributed by atoms with Crippen LogP contribution in [-0.2, 0) is 27.4 Å². The fourth-order valence-electron chi connectivity index (χ4n) is 7.08. The van der Waals surface area contributed by atoms with E-state index in [2.05, 4.69) is 30.1 Å². The number of esters is 1. The van der Waals surface area contributed by atoms with E-state index in [1.54, 1.807) is 71.3 Å². The molecule has 0 amide bonds. The minimum absolute atomic E-state index is 0.0158. The van der Waals surface area contributed by atoms with Crippen molar-refractivity contribution in [3.63, 3.8) is 0 Å². The number of ketones is 2. The molecular weight excluding hydrogens is 889 g/mol. The quantitative estimate of drug-likeness (QED) is 0.0470. The Morgan fingerprint density at radius 2 is 1.04 bits per heavy atom. The third-order valence-corrected chi connectivity index (χ3v) is 10.9. The number of carbonyl (C=O) groups is 4. The maximum atomic E-state index is 14.7. The van der Waals surface area contributed by atoms with Gasteiger partial charge in [-0.05, 0) is 43.0 Å². The van der Waals surface area contributed by atoms with Gasteiger partial charge in [-0.25, -0.2) is 37.5 Å². The highest BCUT2D eigenvalue weighted by Gasteiger charge is 2.28. The molecule has 0 bridgehead atoms. The minimum Gasteiger partial charge on any atom is -0.481 e. The molecule has 2 atom stereocenters. The monoisotopic (exact) mass is 942 g/mol. The summed E-state index contributed by atoms with van der Waals surface area (Å²) < 4.78 is 65.3. The van der Waals surface area contributed by atoms with E-state index < -0.39 is 41.1 Å². The van der Waals surface area contributed by atoms with Crippen LogP contribution >= 0.6 is 0 Å². The predicted octanol–water partition coefficient (Wildman–Crippen LogP) is 7.80. The first kappa shape index (κ1) is 51.6. The standard InChI is InChI=1S/C25H29F2N5O3.C23H25F2N5O3/c1-6-35-25(34)18(15(2)3)14-31(5)24-20(27)12-28-23(29-24)21-11-22(16(4)33)32(30-21)13-17-9-7-8-10-19(17)26;1-13(2)16(23(32)33)12-29(4)22-18(25)10-26-21(27-22)19-9-20(14(3)31)30(28-19)11-15-7-5-6-8-17(15)24/h7-12,15,18H,6,13-14H2,1-5H3;5-10,13,16H,11-12H2,1-4H3,(H,32,33)/t18-;16-/m11/s1. The van der Waals surface area contributed by atoms with Crippen LogP contribution in [0.4, 0.5) is 29.2 Å². The fraction of sp³-hybridized carbons (Fsp3) is 0.375. The lowest BCUT2D eigenvalue weighted by molar-refractivity contribution is -0.149. The van der Waals surface area contributed by atoms with Gasteiger partial charge >= 0.3 is 11.9 Å². The van der Waals surface area contributed by atoms with E-state index >= 15 is 0 Å². The number of aromatic nitrogens is 8. The lowest BCUT2D eigenvalue weighted by Crippen LogP contribution is -2.35. The van der Waals surface area contributed by atoms with Crippen molar-refractivity contribution in [3.8, 4) is 23.0 Å². The smallest absolute Gasteiger partial charge is 0.310 e. The Kier molecular flexibility index (Phi) is 17.4. The number of nitrogens with zero attached hydrogens (tertiary/aromatic N) is 10. The maximum Gasteiger partial charge on any atom is 0.310 e. The van der Waals surface area contributed by atoms with Crippen molar-refractivity contribution >= 4 is 35.1 Å². The zero-order chi connectivity index (χ0) is 50.0. The molecule has 68 heavy (non-hydrogen) atoms. The fourth-order valence-corrected chi connectivity index (χ4v) is 7.08. The number of benzene rings is 2. The molecule has 20 heteroatoms. The highest BCUT2D eigenvalue weighted by Crippen LogP contribution is 2.26. The normalized spacial score (nSPS) is 12.0. The third kappa shape index (κ3) is 12.7. The average molecular weight is 943 g/mol. The van der Waals surface area contributed by atoms with Crippen molar-refractivity contribution in [3.05, 3.63) is 119 Å². The zero-order valence-corrected chi connectivity index (χ0v) is 39.2. The van der Waals surface area contributed by atoms with Crippen LogP contribution in [0.5, 0.6) is 0 Å². The summed E-state index contributed by atoms with van der Waals surface area (Å²) in [6.45, 7) is 12.3. The summed E-state index contributed by atoms with van der Waals surface area (Å²) in [6, 6.07) is 15.3. The molecule has 1 N–H and O–H groups in total. The van der Waals surface area contributed by atoms with Crippen LogP contribution in [-0.4, -0.2) is 102 Å². The molecular formula is C48H54F4N10O6. The second-order valence-corrected chi connectivity index (χ2v) is 16.7. The van der Waals surface area contributed by atoms with Gasteiger partial charge in [0.15, 0.2) is 46.5 Å². The van der Waals surface area contributed by atoms with Gasteiger partial charge < -0.3 is 19.6 Å². The maximum absolute atomic E-state index is 14.7. The van der Waals surface area contributed by atoms with E-state index in [4.69, 9.17) is 4.74 Å². The van der Waals surface area contributed by atoms with Gasteiger partial charge in [-0.15, -0.1) is 0 Å². The number of carboxylic acid groups (broad SMARTS) is 1. The van der Waals surface area contributed by atoms with Gasteiger partial charge in [0.1, 0.15) is 34.4 Å². The molecule has 4 heterocycles. The molecule has 0 saturated carbocycles. The van der Waals surface area contributed by atoms with E-state index in [1.807, 2.05) is 13.8 Å². The van der Waals surface area contributed by atoms with Gasteiger partial charge in [-0.3, -0.25) is 28.5 Å². The second kappa shape index (κ2) is 22.9. The van der Waals surface area contributed by atoms with E-state index in [-0.39, 0.29) is 108 Å². The number of ether oxygens (including phenoxy) is 1. The molecule has 0 aliphatic carbocycles. The SMILES string of the molecule is CC(=O)c1cc(-c2ncc(F)c(N(C)C[C@@H](C(=O)O)C(C)C)n2)nn1Cc1ccccc1F.CCOC(=O)[C@H](CN(C)c1nc(-c2cc(C(C)=O)n(Cc3ccccc3F)n2)ncc1F)C(C)C. The number of halogens is 4. The summed E-state index contributed by atoms with van der Waals surface area (Å²) in [6.07, 6.45) is 1.99. The molecule has 0 saturated heterocycles. The predicted molar refractivity (Wildman–Crippen MR) is 245 cm³/mol. The van der Waals surface area contributed by atoms with Crippen LogP contribution in [0.3, 0.4) is 0 Å². The first-order valence-electron chi connectivity index (χ1n) is 21.7. The Balaban J connectivity index is 0.000000255. The number of hydrogen-bond donors (Lipinski definition) is 1. The van der Waals surface area contributed by atoms with Crippen LogP contribution in [0, 0.1) is 46.9 Å². The van der Waals surface area contributed by atoms with Gasteiger partial charge in [-0.2, -0.15) is 10.2 Å². The van der Waals surface area contributed by atoms with E-state index in [1.165, 1.54) is 57.3 Å². The van der Waals surface area contributed by atoms with Gasteiger partial charge in [0.2, 0.25) is 0 Å². The Labute approximate surface area is 391 Å². The van der Waals surface area contributed by atoms with Gasteiger partial charge in [0.25, 0.3) is 0 Å². The Morgan fingerprint density at radius 3 is 1.40 bits per heavy atom. The summed E-state index contributed by atoms with van der Waals surface area (Å²) in [5.41, 5.74) is 1.64. The number of carbonyl (C=O) groups excluding carboxylic acids is 3. The summed E-state index contributed by atoms with van der Waals surface area (Å²) in [5, 5.41) is 18.2. The number of anilines is 2. The van der Waals surface area contributed by atoms with Crippen molar-refractivity contribution in [1.29, 1.82) is 0 Å². The Morgan fingerprint density at radius 1 is 0.647 bits per heavy atom. The molecule has 6 rings (SSSR count). The van der Waals surface area contributed by atoms with Crippen LogP contribution in [0.1, 0.15) is 80.6 Å². The van der Waals surface area contributed by atoms with Crippen molar-refractivity contribution in [2.24, 2.45) is 23.7 Å².